The summed E-state index contributed by atoms with van der Waals surface area (Å²) in [7, 11) is 2.70. The smallest absolute Gasteiger partial charge is 0.434 e. The molecule has 0 spiro atoms. The van der Waals surface area contributed by atoms with Crippen LogP contribution < -0.4 is 4.74 Å². The van der Waals surface area contributed by atoms with E-state index in [2.05, 4.69) is 24.9 Å². The summed E-state index contributed by atoms with van der Waals surface area (Å²) in [6.45, 7) is 1.72. The minimum atomic E-state index is -0.745. The van der Waals surface area contributed by atoms with Crippen molar-refractivity contribution in [3.8, 4) is 22.9 Å². The van der Waals surface area contributed by atoms with Crippen LogP contribution in [0.2, 0.25) is 0 Å². The van der Waals surface area contributed by atoms with Gasteiger partial charge in [-0.1, -0.05) is 5.16 Å². The van der Waals surface area contributed by atoms with Crippen molar-refractivity contribution in [3.63, 3.8) is 0 Å². The fraction of sp³-hybridized carbons (Fsp3) is 0.190. The van der Waals surface area contributed by atoms with Crippen LogP contribution in [0.1, 0.15) is 11.5 Å². The third-order valence-corrected chi connectivity index (χ3v) is 4.78. The fourth-order valence-corrected chi connectivity index (χ4v) is 3.14. The highest BCUT2D eigenvalue weighted by Crippen LogP contribution is 2.29. The molecular weight excluding hydrogens is 420 g/mol. The largest absolute Gasteiger partial charge is 0.504 e. The first kappa shape index (κ1) is 22.0. The highest BCUT2D eigenvalue weighted by molar-refractivity contribution is 8.15. The van der Waals surface area contributed by atoms with Crippen molar-refractivity contribution in [3.05, 3.63) is 53.9 Å². The van der Waals surface area contributed by atoms with E-state index in [0.29, 0.717) is 33.7 Å². The molecule has 0 unspecified atom stereocenters. The quantitative estimate of drug-likeness (QED) is 0.458. The Bertz CT molecular complexity index is 1140. The van der Waals surface area contributed by atoms with Crippen molar-refractivity contribution in [2.45, 2.75) is 6.92 Å². The Morgan fingerprint density at radius 2 is 1.90 bits per heavy atom. The number of benzene rings is 2. The zero-order chi connectivity index (χ0) is 22.4. The number of thioether (sulfide) groups is 1. The first-order valence-electron chi connectivity index (χ1n) is 9.03. The number of aromatic hydroxyl groups is 1. The number of phenolic OH excluding ortho intramolecular Hbond substituents is 1. The van der Waals surface area contributed by atoms with E-state index in [1.54, 1.807) is 37.4 Å². The molecular formula is C21H20N4O5S. The second-order valence-corrected chi connectivity index (χ2v) is 6.92. The molecule has 0 aliphatic rings. The van der Waals surface area contributed by atoms with Crippen molar-refractivity contribution in [2.24, 2.45) is 9.98 Å². The summed E-state index contributed by atoms with van der Waals surface area (Å²) >= 11 is 1.24. The normalized spacial score (nSPS) is 12.0. The average molecular weight is 440 g/mol. The number of ether oxygens (including phenoxy) is 2. The maximum atomic E-state index is 11.8. The van der Waals surface area contributed by atoms with Crippen LogP contribution in [-0.4, -0.2) is 52.6 Å². The molecule has 3 aromatic rings. The molecule has 2 aromatic carbocycles. The number of nitrogens with zero attached hydrogens (tertiary/aromatic N) is 4. The number of phenols is 1. The lowest BCUT2D eigenvalue weighted by molar-refractivity contribution is 0.183. The van der Waals surface area contributed by atoms with Gasteiger partial charge in [-0.05, 0) is 48.7 Å². The fourth-order valence-electron chi connectivity index (χ4n) is 2.62. The van der Waals surface area contributed by atoms with Gasteiger partial charge in [-0.15, -0.1) is 11.8 Å². The van der Waals surface area contributed by atoms with E-state index in [9.17, 15) is 9.90 Å². The van der Waals surface area contributed by atoms with E-state index in [-0.39, 0.29) is 11.5 Å². The summed E-state index contributed by atoms with van der Waals surface area (Å²) in [5, 5.41) is 14.2. The lowest BCUT2D eigenvalue weighted by Gasteiger charge is -2.11. The Hall–Kier alpha value is -3.66. The van der Waals surface area contributed by atoms with Gasteiger partial charge in [-0.25, -0.2) is 9.79 Å². The summed E-state index contributed by atoms with van der Waals surface area (Å²) in [4.78, 5) is 24.7. The van der Waals surface area contributed by atoms with Gasteiger partial charge in [0.15, 0.2) is 11.5 Å². The number of carbonyl (C=O) groups excluding carboxylic acids is 1. The molecule has 3 rings (SSSR count). The summed E-state index contributed by atoms with van der Waals surface area (Å²) in [6, 6.07) is 12.0. The molecule has 0 saturated carbocycles. The molecule has 0 radical (unpaired) electrons. The van der Waals surface area contributed by atoms with Crippen LogP contribution in [0, 0.1) is 6.92 Å². The standard InChI is InChI=1S/C21H20N4O5S/c1-12-22-19(25-30-12)13-5-8-15(9-6-13)23-18(20(31-4)24-21(27)29-3)14-7-10-16(26)17(11-14)28-2/h5-11,26H,1-4H3/b23-18?,24-20-. The minimum absolute atomic E-state index is 0.0130. The number of aliphatic imine (C=N–C) groups is 2. The highest BCUT2D eigenvalue weighted by atomic mass is 32.2. The molecule has 0 aliphatic carbocycles. The number of amides is 1. The molecule has 0 saturated heterocycles. The molecule has 1 N–H and O–H groups in total. The molecule has 0 fully saturated rings. The first-order chi connectivity index (χ1) is 14.9. The number of rotatable bonds is 5. The third kappa shape index (κ3) is 5.28. The van der Waals surface area contributed by atoms with Gasteiger partial charge < -0.3 is 19.1 Å². The Labute approximate surface area is 182 Å². The summed E-state index contributed by atoms with van der Waals surface area (Å²) < 4.78 is 14.9. The minimum Gasteiger partial charge on any atom is -0.504 e. The molecule has 160 valence electrons. The molecule has 0 aliphatic heterocycles. The Morgan fingerprint density at radius 3 is 2.48 bits per heavy atom. The lowest BCUT2D eigenvalue weighted by Crippen LogP contribution is -2.14. The number of hydrogen-bond acceptors (Lipinski definition) is 9. The summed E-state index contributed by atoms with van der Waals surface area (Å²) in [6.07, 6.45) is 1.03. The van der Waals surface area contributed by atoms with Gasteiger partial charge in [0.2, 0.25) is 11.7 Å². The van der Waals surface area contributed by atoms with Crippen LogP contribution in [0.15, 0.2) is 57.0 Å². The van der Waals surface area contributed by atoms with Gasteiger partial charge in [-0.2, -0.15) is 9.98 Å². The van der Waals surface area contributed by atoms with E-state index in [1.165, 1.54) is 32.0 Å². The SMILES string of the molecule is COC(=O)/N=C(\SC)C(=Nc1ccc(-c2noc(C)n2)cc1)c1ccc(O)c(OC)c1. The zero-order valence-corrected chi connectivity index (χ0v) is 18.1. The summed E-state index contributed by atoms with van der Waals surface area (Å²) in [5.74, 6) is 1.21. The van der Waals surface area contributed by atoms with Gasteiger partial charge in [0, 0.05) is 18.1 Å². The molecule has 9 nitrogen and oxygen atoms in total. The number of carbonyl (C=O) groups is 1. The van der Waals surface area contributed by atoms with Crippen molar-refractivity contribution < 1.29 is 23.9 Å². The molecule has 0 bridgehead atoms. The van der Waals surface area contributed by atoms with E-state index < -0.39 is 6.09 Å². The summed E-state index contributed by atoms with van der Waals surface area (Å²) in [5.41, 5.74) is 2.40. The van der Waals surface area contributed by atoms with Crippen molar-refractivity contribution in [2.75, 3.05) is 20.5 Å². The molecule has 0 atom stereocenters. The maximum Gasteiger partial charge on any atom is 0.434 e. The second-order valence-electron chi connectivity index (χ2n) is 6.12. The van der Waals surface area contributed by atoms with Crippen molar-refractivity contribution in [1.82, 2.24) is 10.1 Å². The van der Waals surface area contributed by atoms with Crippen LogP contribution >= 0.6 is 11.8 Å². The molecule has 31 heavy (non-hydrogen) atoms. The van der Waals surface area contributed by atoms with Gasteiger partial charge in [-0.3, -0.25) is 0 Å². The highest BCUT2D eigenvalue weighted by Gasteiger charge is 2.16. The lowest BCUT2D eigenvalue weighted by atomic mass is 10.1. The number of hydrogen-bond donors (Lipinski definition) is 1. The van der Waals surface area contributed by atoms with Gasteiger partial charge in [0.05, 0.1) is 19.9 Å². The van der Waals surface area contributed by atoms with Crippen LogP contribution in [0.25, 0.3) is 11.4 Å². The molecule has 1 aromatic heterocycles. The van der Waals surface area contributed by atoms with Gasteiger partial charge in [0.25, 0.3) is 0 Å². The van der Waals surface area contributed by atoms with Crippen molar-refractivity contribution >= 4 is 34.3 Å². The third-order valence-electron chi connectivity index (χ3n) is 4.11. The van der Waals surface area contributed by atoms with Crippen molar-refractivity contribution in [1.29, 1.82) is 0 Å². The molecule has 1 amide bonds. The van der Waals surface area contributed by atoms with Crippen LogP contribution in [0.5, 0.6) is 11.5 Å². The predicted molar refractivity (Wildman–Crippen MR) is 119 cm³/mol. The number of methoxy groups -OCH3 is 2. The van der Waals surface area contributed by atoms with Gasteiger partial charge >= 0.3 is 6.09 Å². The zero-order valence-electron chi connectivity index (χ0n) is 17.3. The van der Waals surface area contributed by atoms with Crippen LogP contribution in [0.4, 0.5) is 10.5 Å². The molecule has 10 heteroatoms. The predicted octanol–water partition coefficient (Wildman–Crippen LogP) is 4.41. The Morgan fingerprint density at radius 1 is 1.16 bits per heavy atom. The first-order valence-corrected chi connectivity index (χ1v) is 10.3. The molecule has 1 heterocycles. The van der Waals surface area contributed by atoms with Crippen LogP contribution in [0.3, 0.4) is 0 Å². The number of aromatic nitrogens is 2. The van der Waals surface area contributed by atoms with Crippen LogP contribution in [-0.2, 0) is 4.74 Å². The average Bonchev–Trinajstić information content (AvgIpc) is 3.23. The van der Waals surface area contributed by atoms with E-state index in [4.69, 9.17) is 9.26 Å². The monoisotopic (exact) mass is 440 g/mol. The Balaban J connectivity index is 2.08. The Kier molecular flexibility index (Phi) is 7.03. The van der Waals surface area contributed by atoms with E-state index >= 15 is 0 Å². The number of aryl methyl sites for hydroxylation is 1. The second kappa shape index (κ2) is 9.90. The van der Waals surface area contributed by atoms with E-state index in [0.717, 1.165) is 5.56 Å². The topological polar surface area (TPSA) is 119 Å². The maximum absolute atomic E-state index is 11.8. The van der Waals surface area contributed by atoms with Gasteiger partial charge in [0.1, 0.15) is 10.8 Å². The van der Waals surface area contributed by atoms with E-state index in [1.807, 2.05) is 12.1 Å².